The Labute approximate surface area is 96.5 Å². The van der Waals surface area contributed by atoms with Gasteiger partial charge >= 0.3 is 0 Å². The van der Waals surface area contributed by atoms with Gasteiger partial charge in [-0.2, -0.15) is 0 Å². The second-order valence-corrected chi connectivity index (χ2v) is 5.24. The van der Waals surface area contributed by atoms with Crippen LogP contribution >= 0.6 is 0 Å². The van der Waals surface area contributed by atoms with Crippen LogP contribution in [0.4, 0.5) is 0 Å². The van der Waals surface area contributed by atoms with Gasteiger partial charge in [0.1, 0.15) is 5.75 Å². The molecule has 88 valence electrons. The fourth-order valence-corrected chi connectivity index (χ4v) is 1.24. The summed E-state index contributed by atoms with van der Waals surface area (Å²) in [7, 11) is 0. The van der Waals surface area contributed by atoms with Crippen molar-refractivity contribution in [3.05, 3.63) is 29.3 Å². The lowest BCUT2D eigenvalue weighted by molar-refractivity contribution is 0.0939. The lowest BCUT2D eigenvalue weighted by Crippen LogP contribution is -2.32. The van der Waals surface area contributed by atoms with E-state index in [9.17, 15) is 9.90 Å². The Morgan fingerprint density at radius 2 is 2.00 bits per heavy atom. The zero-order valence-electron chi connectivity index (χ0n) is 10.3. The first-order valence-corrected chi connectivity index (χ1v) is 5.37. The zero-order valence-corrected chi connectivity index (χ0v) is 10.3. The summed E-state index contributed by atoms with van der Waals surface area (Å²) in [6.07, 6.45) is 0. The molecule has 0 spiro atoms. The molecule has 0 radical (unpaired) electrons. The second kappa shape index (κ2) is 4.56. The Hall–Kier alpha value is -1.51. The molecule has 0 atom stereocenters. The largest absolute Gasteiger partial charge is 0.508 e. The van der Waals surface area contributed by atoms with Gasteiger partial charge in [0, 0.05) is 12.1 Å². The maximum absolute atomic E-state index is 11.8. The average molecular weight is 221 g/mol. The van der Waals surface area contributed by atoms with Crippen LogP contribution in [0.25, 0.3) is 0 Å². The molecule has 0 saturated heterocycles. The van der Waals surface area contributed by atoms with Gasteiger partial charge in [0.2, 0.25) is 0 Å². The normalized spacial score (nSPS) is 11.2. The minimum atomic E-state index is -0.0991. The van der Waals surface area contributed by atoms with E-state index in [2.05, 4.69) is 26.1 Å². The molecular formula is C13H19NO2. The third kappa shape index (κ3) is 3.57. The molecule has 3 nitrogen and oxygen atoms in total. The molecule has 0 saturated carbocycles. The molecule has 1 rings (SSSR count). The van der Waals surface area contributed by atoms with E-state index in [4.69, 9.17) is 0 Å². The van der Waals surface area contributed by atoms with E-state index >= 15 is 0 Å². The number of benzene rings is 1. The van der Waals surface area contributed by atoms with Gasteiger partial charge in [-0.25, -0.2) is 0 Å². The van der Waals surface area contributed by atoms with Crippen LogP contribution in [0, 0.1) is 12.3 Å². The molecule has 1 amide bonds. The van der Waals surface area contributed by atoms with E-state index in [0.29, 0.717) is 17.7 Å². The van der Waals surface area contributed by atoms with Gasteiger partial charge in [0.15, 0.2) is 0 Å². The number of phenols is 1. The maximum Gasteiger partial charge on any atom is 0.251 e. The summed E-state index contributed by atoms with van der Waals surface area (Å²) in [4.78, 5) is 11.8. The third-order valence-electron chi connectivity index (χ3n) is 2.24. The first kappa shape index (κ1) is 12.6. The molecule has 0 aromatic heterocycles. The third-order valence-corrected chi connectivity index (χ3v) is 2.24. The van der Waals surface area contributed by atoms with Crippen molar-refractivity contribution in [1.82, 2.24) is 5.32 Å². The number of hydrogen-bond donors (Lipinski definition) is 2. The predicted molar refractivity (Wildman–Crippen MR) is 64.6 cm³/mol. The second-order valence-electron chi connectivity index (χ2n) is 5.24. The van der Waals surface area contributed by atoms with Crippen LogP contribution in [0.3, 0.4) is 0 Å². The number of amides is 1. The summed E-state index contributed by atoms with van der Waals surface area (Å²) in [6, 6.07) is 4.86. The summed E-state index contributed by atoms with van der Waals surface area (Å²) in [6.45, 7) is 8.60. The first-order chi connectivity index (χ1) is 7.29. The van der Waals surface area contributed by atoms with Crippen molar-refractivity contribution in [2.24, 2.45) is 5.41 Å². The summed E-state index contributed by atoms with van der Waals surface area (Å²) < 4.78 is 0. The molecule has 3 heteroatoms. The first-order valence-electron chi connectivity index (χ1n) is 5.37. The molecule has 0 aliphatic rings. The Kier molecular flexibility index (Phi) is 3.58. The molecule has 0 unspecified atom stereocenters. The molecule has 0 aliphatic heterocycles. The SMILES string of the molecule is Cc1cc(C(=O)NCC(C)(C)C)ccc1O. The lowest BCUT2D eigenvalue weighted by Gasteiger charge is -2.18. The van der Waals surface area contributed by atoms with Gasteiger partial charge in [-0.1, -0.05) is 20.8 Å². The van der Waals surface area contributed by atoms with Crippen molar-refractivity contribution >= 4 is 5.91 Å². The van der Waals surface area contributed by atoms with Crippen molar-refractivity contribution in [3.63, 3.8) is 0 Å². The van der Waals surface area contributed by atoms with Crippen LogP contribution < -0.4 is 5.32 Å². The van der Waals surface area contributed by atoms with E-state index in [0.717, 1.165) is 0 Å². The molecule has 0 fully saturated rings. The van der Waals surface area contributed by atoms with Gasteiger partial charge in [-0.3, -0.25) is 4.79 Å². The van der Waals surface area contributed by atoms with Crippen LogP contribution in [0.5, 0.6) is 5.75 Å². The van der Waals surface area contributed by atoms with E-state index in [1.807, 2.05) is 0 Å². The molecule has 0 heterocycles. The molecule has 1 aromatic carbocycles. The number of rotatable bonds is 2. The van der Waals surface area contributed by atoms with Crippen LogP contribution in [-0.4, -0.2) is 17.6 Å². The fraction of sp³-hybridized carbons (Fsp3) is 0.462. The van der Waals surface area contributed by atoms with Crippen molar-refractivity contribution < 1.29 is 9.90 Å². The molecule has 1 aromatic rings. The van der Waals surface area contributed by atoms with Crippen molar-refractivity contribution in [1.29, 1.82) is 0 Å². The number of nitrogens with one attached hydrogen (secondary N) is 1. The molecule has 0 bridgehead atoms. The zero-order chi connectivity index (χ0) is 12.3. The van der Waals surface area contributed by atoms with Crippen molar-refractivity contribution in [2.75, 3.05) is 6.54 Å². The van der Waals surface area contributed by atoms with E-state index < -0.39 is 0 Å². The number of phenolic OH excluding ortho intramolecular Hbond substituents is 1. The highest BCUT2D eigenvalue weighted by molar-refractivity contribution is 5.94. The Bertz CT molecular complexity index is 391. The van der Waals surface area contributed by atoms with Gasteiger partial charge in [-0.15, -0.1) is 0 Å². The van der Waals surface area contributed by atoms with Crippen molar-refractivity contribution in [2.45, 2.75) is 27.7 Å². The summed E-state index contributed by atoms with van der Waals surface area (Å²) >= 11 is 0. The van der Waals surface area contributed by atoms with E-state index in [-0.39, 0.29) is 17.1 Å². The Morgan fingerprint density at radius 1 is 1.38 bits per heavy atom. The highest BCUT2D eigenvalue weighted by atomic mass is 16.3. The number of hydrogen-bond acceptors (Lipinski definition) is 2. The van der Waals surface area contributed by atoms with E-state index in [1.165, 1.54) is 0 Å². The van der Waals surface area contributed by atoms with Gasteiger partial charge < -0.3 is 10.4 Å². The number of aromatic hydroxyl groups is 1. The highest BCUT2D eigenvalue weighted by Crippen LogP contribution is 2.17. The van der Waals surface area contributed by atoms with Crippen LogP contribution in [0.1, 0.15) is 36.7 Å². The van der Waals surface area contributed by atoms with Crippen LogP contribution in [0.2, 0.25) is 0 Å². The average Bonchev–Trinajstić information content (AvgIpc) is 2.17. The fourth-order valence-electron chi connectivity index (χ4n) is 1.24. The number of carbonyl (C=O) groups is 1. The lowest BCUT2D eigenvalue weighted by atomic mass is 9.97. The molecule has 16 heavy (non-hydrogen) atoms. The van der Waals surface area contributed by atoms with Gasteiger partial charge in [0.25, 0.3) is 5.91 Å². The summed E-state index contributed by atoms with van der Waals surface area (Å²) in [5, 5.41) is 12.2. The van der Waals surface area contributed by atoms with Gasteiger partial charge in [-0.05, 0) is 36.1 Å². The highest BCUT2D eigenvalue weighted by Gasteiger charge is 2.13. The van der Waals surface area contributed by atoms with Crippen LogP contribution in [0.15, 0.2) is 18.2 Å². The summed E-state index contributed by atoms with van der Waals surface area (Å²) in [5.74, 6) is 0.116. The predicted octanol–water partition coefficient (Wildman–Crippen LogP) is 2.48. The Balaban J connectivity index is 2.70. The number of carbonyl (C=O) groups excluding carboxylic acids is 1. The summed E-state index contributed by atoms with van der Waals surface area (Å²) in [5.41, 5.74) is 1.37. The minimum Gasteiger partial charge on any atom is -0.508 e. The molecule has 0 aliphatic carbocycles. The topological polar surface area (TPSA) is 49.3 Å². The quantitative estimate of drug-likeness (QED) is 0.806. The smallest absolute Gasteiger partial charge is 0.251 e. The molecule has 2 N–H and O–H groups in total. The van der Waals surface area contributed by atoms with Gasteiger partial charge in [0.05, 0.1) is 0 Å². The number of aryl methyl sites for hydroxylation is 1. The minimum absolute atomic E-state index is 0.0711. The van der Waals surface area contributed by atoms with Crippen molar-refractivity contribution in [3.8, 4) is 5.75 Å². The standard InChI is InChI=1S/C13H19NO2/c1-9-7-10(5-6-11(9)15)12(16)14-8-13(2,3)4/h5-7,15H,8H2,1-4H3,(H,14,16). The Morgan fingerprint density at radius 3 is 2.50 bits per heavy atom. The monoisotopic (exact) mass is 221 g/mol. The van der Waals surface area contributed by atoms with E-state index in [1.54, 1.807) is 25.1 Å². The maximum atomic E-state index is 11.8. The molecular weight excluding hydrogens is 202 g/mol. The van der Waals surface area contributed by atoms with Crippen LogP contribution in [-0.2, 0) is 0 Å².